The minimum atomic E-state index is -0.567. The minimum Gasteiger partial charge on any atom is -0.463 e. The maximum absolute atomic E-state index is 11.4. The van der Waals surface area contributed by atoms with E-state index in [1.54, 1.807) is 0 Å². The Morgan fingerprint density at radius 3 is 1.62 bits per heavy atom. The van der Waals surface area contributed by atoms with Crippen molar-refractivity contribution in [3.05, 3.63) is 12.2 Å². The SMILES string of the molecule is CCCCCCCCCCCCOC(=O)/C=C/C(=O)OCCOC. The van der Waals surface area contributed by atoms with Crippen LogP contribution in [0, 0.1) is 0 Å². The third-order valence-corrected chi connectivity index (χ3v) is 3.63. The van der Waals surface area contributed by atoms with Gasteiger partial charge in [0.25, 0.3) is 0 Å². The normalized spacial score (nSPS) is 10.9. The highest BCUT2D eigenvalue weighted by Gasteiger charge is 2.01. The van der Waals surface area contributed by atoms with E-state index in [4.69, 9.17) is 14.2 Å². The Hall–Kier alpha value is -1.36. The molecule has 0 unspecified atom stereocenters. The van der Waals surface area contributed by atoms with Crippen molar-refractivity contribution in [2.45, 2.75) is 71.1 Å². The van der Waals surface area contributed by atoms with E-state index in [9.17, 15) is 9.59 Å². The first-order valence-electron chi connectivity index (χ1n) is 9.21. The molecule has 0 heterocycles. The predicted molar refractivity (Wildman–Crippen MR) is 94.8 cm³/mol. The molecule has 5 nitrogen and oxygen atoms in total. The summed E-state index contributed by atoms with van der Waals surface area (Å²) in [5, 5.41) is 0. The summed E-state index contributed by atoms with van der Waals surface area (Å²) in [6.07, 6.45) is 14.6. The fourth-order valence-corrected chi connectivity index (χ4v) is 2.22. The number of hydrogen-bond donors (Lipinski definition) is 0. The zero-order valence-corrected chi connectivity index (χ0v) is 15.4. The van der Waals surface area contributed by atoms with Crippen LogP contribution >= 0.6 is 0 Å². The fraction of sp³-hybridized carbons (Fsp3) is 0.789. The number of ether oxygens (including phenoxy) is 3. The molecule has 0 atom stereocenters. The fourth-order valence-electron chi connectivity index (χ4n) is 2.22. The first-order chi connectivity index (χ1) is 11.7. The van der Waals surface area contributed by atoms with Gasteiger partial charge in [-0.05, 0) is 6.42 Å². The highest BCUT2D eigenvalue weighted by Crippen LogP contribution is 2.10. The monoisotopic (exact) mass is 342 g/mol. The smallest absolute Gasteiger partial charge is 0.331 e. The number of rotatable bonds is 16. The van der Waals surface area contributed by atoms with Crippen LogP contribution in [0.4, 0.5) is 0 Å². The van der Waals surface area contributed by atoms with E-state index < -0.39 is 11.9 Å². The number of methoxy groups -OCH3 is 1. The van der Waals surface area contributed by atoms with E-state index in [0.717, 1.165) is 25.0 Å². The van der Waals surface area contributed by atoms with Crippen molar-refractivity contribution in [2.24, 2.45) is 0 Å². The molecule has 0 spiro atoms. The summed E-state index contributed by atoms with van der Waals surface area (Å²) in [5.74, 6) is -1.07. The zero-order chi connectivity index (χ0) is 17.9. The van der Waals surface area contributed by atoms with Gasteiger partial charge in [0.2, 0.25) is 0 Å². The minimum absolute atomic E-state index is 0.174. The third-order valence-electron chi connectivity index (χ3n) is 3.63. The summed E-state index contributed by atoms with van der Waals surface area (Å²) in [6, 6.07) is 0. The number of carbonyl (C=O) groups is 2. The van der Waals surface area contributed by atoms with Gasteiger partial charge in [-0.1, -0.05) is 64.7 Å². The van der Waals surface area contributed by atoms with Crippen LogP contribution < -0.4 is 0 Å². The van der Waals surface area contributed by atoms with Gasteiger partial charge in [0, 0.05) is 19.3 Å². The summed E-state index contributed by atoms with van der Waals surface area (Å²) < 4.78 is 14.6. The largest absolute Gasteiger partial charge is 0.463 e. The molecule has 0 rings (SSSR count). The lowest BCUT2D eigenvalue weighted by Crippen LogP contribution is -2.08. The number of unbranched alkanes of at least 4 members (excludes halogenated alkanes) is 9. The van der Waals surface area contributed by atoms with Crippen LogP contribution in [0.15, 0.2) is 12.2 Å². The van der Waals surface area contributed by atoms with E-state index in [2.05, 4.69) is 6.92 Å². The molecule has 0 aromatic rings. The van der Waals surface area contributed by atoms with E-state index in [0.29, 0.717) is 13.2 Å². The second-order valence-electron chi connectivity index (χ2n) is 5.84. The maximum Gasteiger partial charge on any atom is 0.331 e. The van der Waals surface area contributed by atoms with Crippen molar-refractivity contribution in [1.82, 2.24) is 0 Å². The molecule has 0 saturated carbocycles. The Kier molecular flexibility index (Phi) is 17.0. The van der Waals surface area contributed by atoms with Gasteiger partial charge in [-0.3, -0.25) is 0 Å². The first kappa shape index (κ1) is 22.6. The van der Waals surface area contributed by atoms with Crippen molar-refractivity contribution in [3.8, 4) is 0 Å². The Labute approximate surface area is 146 Å². The average Bonchev–Trinajstić information content (AvgIpc) is 2.58. The summed E-state index contributed by atoms with van der Waals surface area (Å²) in [6.45, 7) is 3.14. The Bertz CT molecular complexity index is 339. The van der Waals surface area contributed by atoms with Gasteiger partial charge in [-0.15, -0.1) is 0 Å². The number of carbonyl (C=O) groups excluding carboxylic acids is 2. The summed E-state index contributed by atoms with van der Waals surface area (Å²) >= 11 is 0. The molecule has 5 heteroatoms. The van der Waals surface area contributed by atoms with Gasteiger partial charge in [0.05, 0.1) is 13.2 Å². The van der Waals surface area contributed by atoms with E-state index in [1.807, 2.05) is 0 Å². The molecule has 0 aromatic carbocycles. The number of esters is 2. The van der Waals surface area contributed by atoms with E-state index in [-0.39, 0.29) is 6.61 Å². The zero-order valence-electron chi connectivity index (χ0n) is 15.4. The lowest BCUT2D eigenvalue weighted by Gasteiger charge is -2.03. The summed E-state index contributed by atoms with van der Waals surface area (Å²) in [5.41, 5.74) is 0. The summed E-state index contributed by atoms with van der Waals surface area (Å²) in [7, 11) is 1.52. The van der Waals surface area contributed by atoms with Crippen LogP contribution in [-0.2, 0) is 23.8 Å². The van der Waals surface area contributed by atoms with Crippen LogP contribution in [0.1, 0.15) is 71.1 Å². The predicted octanol–water partition coefficient (Wildman–Crippen LogP) is 4.20. The highest BCUT2D eigenvalue weighted by molar-refractivity contribution is 5.91. The van der Waals surface area contributed by atoms with Crippen molar-refractivity contribution in [3.63, 3.8) is 0 Å². The van der Waals surface area contributed by atoms with Crippen LogP contribution in [-0.4, -0.2) is 38.9 Å². The van der Waals surface area contributed by atoms with Crippen LogP contribution in [0.5, 0.6) is 0 Å². The summed E-state index contributed by atoms with van der Waals surface area (Å²) in [4.78, 5) is 22.6. The molecule has 0 aromatic heterocycles. The molecule has 0 bridgehead atoms. The molecule has 0 aliphatic rings. The van der Waals surface area contributed by atoms with Crippen molar-refractivity contribution in [1.29, 1.82) is 0 Å². The second-order valence-corrected chi connectivity index (χ2v) is 5.84. The molecule has 0 aliphatic carbocycles. The molecule has 0 N–H and O–H groups in total. The van der Waals surface area contributed by atoms with Gasteiger partial charge >= 0.3 is 11.9 Å². The lowest BCUT2D eigenvalue weighted by atomic mass is 10.1. The van der Waals surface area contributed by atoms with Gasteiger partial charge in [-0.25, -0.2) is 9.59 Å². The molecule has 0 amide bonds. The van der Waals surface area contributed by atoms with Crippen LogP contribution in [0.3, 0.4) is 0 Å². The average molecular weight is 342 g/mol. The van der Waals surface area contributed by atoms with E-state index in [1.165, 1.54) is 58.5 Å². The van der Waals surface area contributed by atoms with Gasteiger partial charge < -0.3 is 14.2 Å². The third kappa shape index (κ3) is 17.0. The topological polar surface area (TPSA) is 61.8 Å². The lowest BCUT2D eigenvalue weighted by molar-refractivity contribution is -0.141. The molecule has 24 heavy (non-hydrogen) atoms. The van der Waals surface area contributed by atoms with Crippen LogP contribution in [0.2, 0.25) is 0 Å². The Balaban J connectivity index is 3.38. The Morgan fingerprint density at radius 1 is 0.667 bits per heavy atom. The molecule has 140 valence electrons. The first-order valence-corrected chi connectivity index (χ1v) is 9.21. The number of hydrogen-bond acceptors (Lipinski definition) is 5. The molecule has 0 fully saturated rings. The molecular formula is C19H34O5. The van der Waals surface area contributed by atoms with Crippen molar-refractivity contribution >= 4 is 11.9 Å². The molecule has 0 aliphatic heterocycles. The molecule has 0 saturated heterocycles. The van der Waals surface area contributed by atoms with Crippen LogP contribution in [0.25, 0.3) is 0 Å². The Morgan fingerprint density at radius 2 is 1.12 bits per heavy atom. The van der Waals surface area contributed by atoms with Crippen molar-refractivity contribution in [2.75, 3.05) is 26.9 Å². The van der Waals surface area contributed by atoms with Crippen molar-refractivity contribution < 1.29 is 23.8 Å². The second kappa shape index (κ2) is 18.0. The highest BCUT2D eigenvalue weighted by atomic mass is 16.6. The quantitative estimate of drug-likeness (QED) is 0.239. The molecular weight excluding hydrogens is 308 g/mol. The van der Waals surface area contributed by atoms with Gasteiger partial charge in [0.15, 0.2) is 0 Å². The van der Waals surface area contributed by atoms with Gasteiger partial charge in [0.1, 0.15) is 6.61 Å². The maximum atomic E-state index is 11.4. The van der Waals surface area contributed by atoms with Gasteiger partial charge in [-0.2, -0.15) is 0 Å². The van der Waals surface area contributed by atoms with E-state index >= 15 is 0 Å². The molecule has 0 radical (unpaired) electrons. The standard InChI is InChI=1S/C19H34O5/c1-3-4-5-6-7-8-9-10-11-12-15-23-18(20)13-14-19(21)24-17-16-22-2/h13-14H,3-12,15-17H2,1-2H3/b14-13+.